The summed E-state index contributed by atoms with van der Waals surface area (Å²) in [4.78, 5) is 31.1. The Morgan fingerprint density at radius 3 is 2.59 bits per heavy atom. The molecule has 1 aromatic heterocycles. The van der Waals surface area contributed by atoms with Crippen LogP contribution in [0.5, 0.6) is 11.6 Å². The summed E-state index contributed by atoms with van der Waals surface area (Å²) in [5.41, 5.74) is 18.8. The number of ketones is 2. The maximum atomic E-state index is 14.3. The van der Waals surface area contributed by atoms with Crippen molar-refractivity contribution in [3.8, 4) is 11.6 Å². The zero-order valence-corrected chi connectivity index (χ0v) is 23.1. The van der Waals surface area contributed by atoms with Gasteiger partial charge in [0.05, 0.1) is 24.8 Å². The summed E-state index contributed by atoms with van der Waals surface area (Å²) in [5, 5.41) is 31.5. The lowest BCUT2D eigenvalue weighted by Gasteiger charge is -2.52. The maximum Gasteiger partial charge on any atom is 0.265 e. The lowest BCUT2D eigenvalue weighted by molar-refractivity contribution is -0.0466. The SMILES string of the molecule is CCCCOc1ccc(N)c2c1C(=O)C1=C(O)[C@]3(O)C(=O)c4c(OCCCC)noc4[C@@H](N)[C@@H]3C[C@]1(CN=[N+]=[N-])C2. The van der Waals surface area contributed by atoms with Gasteiger partial charge in [-0.15, -0.1) is 0 Å². The number of fused-ring (bicyclic) bond motifs is 4. The number of aromatic nitrogens is 1. The van der Waals surface area contributed by atoms with E-state index in [2.05, 4.69) is 15.2 Å². The van der Waals surface area contributed by atoms with Crippen LogP contribution in [0.2, 0.25) is 0 Å². The molecule has 0 saturated heterocycles. The third-order valence-electron chi connectivity index (χ3n) is 8.48. The lowest BCUT2D eigenvalue weighted by Crippen LogP contribution is -2.61. The number of anilines is 1. The van der Waals surface area contributed by atoms with E-state index in [9.17, 15) is 25.3 Å². The van der Waals surface area contributed by atoms with Crippen molar-refractivity contribution < 1.29 is 33.8 Å². The van der Waals surface area contributed by atoms with Gasteiger partial charge in [-0.05, 0) is 54.1 Å². The zero-order valence-electron chi connectivity index (χ0n) is 23.1. The van der Waals surface area contributed by atoms with Crippen molar-refractivity contribution in [2.24, 2.45) is 22.2 Å². The van der Waals surface area contributed by atoms with E-state index in [1.54, 1.807) is 12.1 Å². The van der Waals surface area contributed by atoms with E-state index in [1.165, 1.54) is 0 Å². The average Bonchev–Trinajstić information content (AvgIpc) is 3.38. The molecule has 0 fully saturated rings. The smallest absolute Gasteiger partial charge is 0.265 e. The summed E-state index contributed by atoms with van der Waals surface area (Å²) in [5.74, 6) is -3.43. The Hall–Kier alpha value is -4.06. The second-order valence-corrected chi connectivity index (χ2v) is 11.0. The second kappa shape index (κ2) is 10.7. The molecule has 1 aromatic carbocycles. The number of nitrogens with zero attached hydrogens (tertiary/aromatic N) is 4. The number of benzene rings is 1. The summed E-state index contributed by atoms with van der Waals surface area (Å²) >= 11 is 0. The molecule has 1 heterocycles. The van der Waals surface area contributed by atoms with Crippen molar-refractivity contribution in [2.75, 3.05) is 25.5 Å². The predicted octanol–water partition coefficient (Wildman–Crippen LogP) is 4.11. The van der Waals surface area contributed by atoms with E-state index in [1.807, 2.05) is 13.8 Å². The monoisotopic (exact) mass is 566 g/mol. The van der Waals surface area contributed by atoms with Crippen molar-refractivity contribution in [3.63, 3.8) is 0 Å². The number of aliphatic hydroxyl groups excluding tert-OH is 1. The molecule has 0 aliphatic heterocycles. The Morgan fingerprint density at radius 2 is 1.90 bits per heavy atom. The first-order valence-electron chi connectivity index (χ1n) is 13.8. The van der Waals surface area contributed by atoms with E-state index >= 15 is 0 Å². The molecule has 218 valence electrons. The van der Waals surface area contributed by atoms with Crippen molar-refractivity contribution in [2.45, 2.75) is 64.0 Å². The van der Waals surface area contributed by atoms with Crippen LogP contribution in [0.4, 0.5) is 5.69 Å². The first kappa shape index (κ1) is 28.5. The molecule has 13 nitrogen and oxygen atoms in total. The van der Waals surface area contributed by atoms with Crippen LogP contribution >= 0.6 is 0 Å². The number of unbranched alkanes of at least 4 members (excludes halogenated alkanes) is 2. The van der Waals surface area contributed by atoms with E-state index in [-0.39, 0.29) is 60.1 Å². The minimum absolute atomic E-state index is 0.0139. The van der Waals surface area contributed by atoms with Gasteiger partial charge in [-0.1, -0.05) is 31.8 Å². The molecule has 0 amide bonds. The normalized spacial score (nSPS) is 26.4. The minimum Gasteiger partial charge on any atom is -0.508 e. The number of hydrogen-bond acceptors (Lipinski definition) is 11. The fraction of sp³-hybridized carbons (Fsp3) is 0.536. The third-order valence-corrected chi connectivity index (χ3v) is 8.48. The number of ether oxygens (including phenoxy) is 2. The molecule has 3 aliphatic carbocycles. The van der Waals surface area contributed by atoms with Crippen LogP contribution in [-0.2, 0) is 6.42 Å². The van der Waals surface area contributed by atoms with E-state index < -0.39 is 40.3 Å². The Balaban J connectivity index is 1.69. The molecule has 0 spiro atoms. The van der Waals surface area contributed by atoms with Crippen molar-refractivity contribution >= 4 is 17.3 Å². The summed E-state index contributed by atoms with van der Waals surface area (Å²) in [6.07, 6.45) is 3.12. The second-order valence-electron chi connectivity index (χ2n) is 11.0. The van der Waals surface area contributed by atoms with Crippen molar-refractivity contribution in [1.29, 1.82) is 0 Å². The molecule has 0 saturated carbocycles. The molecule has 41 heavy (non-hydrogen) atoms. The van der Waals surface area contributed by atoms with E-state index in [0.717, 1.165) is 19.3 Å². The molecular formula is C28H34N6O7. The number of hydrogen-bond donors (Lipinski definition) is 4. The Labute approximate surface area is 236 Å². The third kappa shape index (κ3) is 4.23. The van der Waals surface area contributed by atoms with Crippen LogP contribution < -0.4 is 20.9 Å². The van der Waals surface area contributed by atoms with Crippen molar-refractivity contribution in [1.82, 2.24) is 5.16 Å². The number of rotatable bonds is 10. The number of carbonyl (C=O) groups is 2. The van der Waals surface area contributed by atoms with Crippen LogP contribution in [0.25, 0.3) is 10.4 Å². The number of nitrogens with two attached hydrogens (primary N) is 2. The van der Waals surface area contributed by atoms with Gasteiger partial charge in [0.1, 0.15) is 17.1 Å². The molecule has 0 unspecified atom stereocenters. The number of carbonyl (C=O) groups excluding carboxylic acids is 2. The summed E-state index contributed by atoms with van der Waals surface area (Å²) in [6, 6.07) is 2.12. The highest BCUT2D eigenvalue weighted by atomic mass is 16.5. The highest BCUT2D eigenvalue weighted by molar-refractivity contribution is 6.17. The first-order chi connectivity index (χ1) is 19.7. The summed E-state index contributed by atoms with van der Waals surface area (Å²) < 4.78 is 17.0. The molecular weight excluding hydrogens is 532 g/mol. The zero-order chi connectivity index (χ0) is 29.5. The molecule has 4 atom stereocenters. The Morgan fingerprint density at radius 1 is 1.20 bits per heavy atom. The average molecular weight is 567 g/mol. The van der Waals surface area contributed by atoms with Crippen LogP contribution in [0, 0.1) is 11.3 Å². The highest BCUT2D eigenvalue weighted by Gasteiger charge is 2.66. The molecule has 0 bridgehead atoms. The van der Waals surface area contributed by atoms with E-state index in [4.69, 9.17) is 25.5 Å². The molecule has 6 N–H and O–H groups in total. The van der Waals surface area contributed by atoms with Gasteiger partial charge >= 0.3 is 0 Å². The van der Waals surface area contributed by atoms with Gasteiger partial charge in [-0.2, -0.15) is 0 Å². The lowest BCUT2D eigenvalue weighted by atomic mass is 9.52. The predicted molar refractivity (Wildman–Crippen MR) is 147 cm³/mol. The molecule has 13 heteroatoms. The fourth-order valence-electron chi connectivity index (χ4n) is 6.33. The Bertz CT molecular complexity index is 1480. The van der Waals surface area contributed by atoms with Gasteiger partial charge in [-0.25, -0.2) is 0 Å². The number of aliphatic hydroxyl groups is 2. The topological polar surface area (TPSA) is 220 Å². The van der Waals surface area contributed by atoms with Gasteiger partial charge in [0.2, 0.25) is 5.78 Å². The van der Waals surface area contributed by atoms with Crippen LogP contribution in [0.15, 0.2) is 33.1 Å². The number of azide groups is 1. The van der Waals surface area contributed by atoms with Gasteiger partial charge in [-0.3, -0.25) is 9.59 Å². The quantitative estimate of drug-likeness (QED) is 0.106. The molecule has 3 aliphatic rings. The largest absolute Gasteiger partial charge is 0.508 e. The van der Waals surface area contributed by atoms with Crippen LogP contribution in [-0.4, -0.2) is 52.3 Å². The highest BCUT2D eigenvalue weighted by Crippen LogP contribution is 2.59. The summed E-state index contributed by atoms with van der Waals surface area (Å²) in [7, 11) is 0. The van der Waals surface area contributed by atoms with Gasteiger partial charge < -0.3 is 35.7 Å². The van der Waals surface area contributed by atoms with Gasteiger partial charge in [0, 0.05) is 34.0 Å². The molecule has 2 aromatic rings. The molecule has 5 rings (SSSR count). The van der Waals surface area contributed by atoms with Crippen molar-refractivity contribution in [3.05, 3.63) is 56.4 Å². The van der Waals surface area contributed by atoms with Crippen LogP contribution in [0.3, 0.4) is 0 Å². The maximum absolute atomic E-state index is 14.3. The minimum atomic E-state index is -2.58. The summed E-state index contributed by atoms with van der Waals surface area (Å²) in [6.45, 7) is 4.33. The van der Waals surface area contributed by atoms with Crippen LogP contribution in [0.1, 0.15) is 84.0 Å². The number of Topliss-reactive ketones (excluding diaryl/α,β-unsaturated/α-hetero) is 2. The van der Waals surface area contributed by atoms with Gasteiger partial charge in [0.25, 0.3) is 5.88 Å². The fourth-order valence-corrected chi connectivity index (χ4v) is 6.33. The molecule has 0 radical (unpaired) electrons. The standard InChI is InChI=1S/C28H34N6O7/c1-3-5-9-39-17-8-7-16(29)14-11-27(13-32-34-31)12-15-21(30)23-19(26(33-41-23)40-10-6-4-2)24(36)28(15,38)25(37)20(27)22(35)18(14)17/h7-8,15,21,37-38H,3-6,9-13,29-30H2,1-2H3/t15-,21-,27-,28+/m0/s1. The number of nitrogen functional groups attached to an aromatic ring is 1. The van der Waals surface area contributed by atoms with Gasteiger partial charge in [0.15, 0.2) is 17.1 Å². The first-order valence-corrected chi connectivity index (χ1v) is 13.8. The Kier molecular flexibility index (Phi) is 7.45. The van der Waals surface area contributed by atoms with E-state index in [0.29, 0.717) is 24.3 Å².